The van der Waals surface area contributed by atoms with Crippen LogP contribution in [0.5, 0.6) is 0 Å². The number of esters is 1. The third-order valence-electron chi connectivity index (χ3n) is 8.45. The SMILES string of the molecule is C=CC1CC1(NC(=O)N1CCC[C@@H]1C(=O)N[C@H](C(=O)N[C@H](C(=O)NC)C1CCCCC1)C(C)(C)C)C(=O)OCC. The van der Waals surface area contributed by atoms with Gasteiger partial charge in [-0.3, -0.25) is 14.4 Å². The molecule has 3 aliphatic rings. The average molecular weight is 562 g/mol. The summed E-state index contributed by atoms with van der Waals surface area (Å²) in [5, 5.41) is 11.3. The maximum atomic E-state index is 13.6. The Labute approximate surface area is 237 Å². The largest absolute Gasteiger partial charge is 0.464 e. The molecule has 1 aliphatic heterocycles. The smallest absolute Gasteiger partial charge is 0.332 e. The van der Waals surface area contributed by atoms with Gasteiger partial charge in [0.2, 0.25) is 17.7 Å². The Morgan fingerprint density at radius 1 is 1.02 bits per heavy atom. The van der Waals surface area contributed by atoms with E-state index in [4.69, 9.17) is 4.74 Å². The number of amides is 5. The highest BCUT2D eigenvalue weighted by Crippen LogP contribution is 2.45. The number of rotatable bonds is 10. The number of likely N-dealkylation sites (tertiary alicyclic amines) is 1. The van der Waals surface area contributed by atoms with Crippen molar-refractivity contribution in [1.82, 2.24) is 26.2 Å². The van der Waals surface area contributed by atoms with Gasteiger partial charge in [-0.2, -0.15) is 0 Å². The van der Waals surface area contributed by atoms with Gasteiger partial charge in [-0.1, -0.05) is 46.1 Å². The van der Waals surface area contributed by atoms with E-state index < -0.39 is 52.9 Å². The summed E-state index contributed by atoms with van der Waals surface area (Å²) >= 11 is 0. The number of hydrogen-bond acceptors (Lipinski definition) is 6. The number of carbonyl (C=O) groups is 5. The topological polar surface area (TPSA) is 146 Å². The quantitative estimate of drug-likeness (QED) is 0.237. The Morgan fingerprint density at radius 3 is 2.25 bits per heavy atom. The number of likely N-dealkylation sites (N-methyl/N-ethyl adjacent to an activating group) is 1. The molecular weight excluding hydrogens is 514 g/mol. The summed E-state index contributed by atoms with van der Waals surface area (Å²) in [5.74, 6) is -1.83. The zero-order valence-electron chi connectivity index (χ0n) is 24.6. The van der Waals surface area contributed by atoms with Crippen molar-refractivity contribution in [3.05, 3.63) is 12.7 Å². The standard InChI is InChI=1S/C29H47N5O6/c1-7-19-17-29(19,26(38)40-8-2)33-27(39)34-16-12-15-20(34)23(35)32-22(28(3,4)5)25(37)31-21(24(36)30-6)18-13-10-9-11-14-18/h7,18-22H,1,8-17H2,2-6H3,(H,30,36)(H,31,37)(H,32,35)(H,33,39)/t19?,20-,21+,22-,29?/m1/s1. The van der Waals surface area contributed by atoms with Gasteiger partial charge < -0.3 is 30.9 Å². The van der Waals surface area contributed by atoms with Crippen LogP contribution in [0.1, 0.15) is 79.1 Å². The molecule has 3 fully saturated rings. The van der Waals surface area contributed by atoms with Gasteiger partial charge in [-0.25, -0.2) is 9.59 Å². The molecule has 5 atom stereocenters. The minimum absolute atomic E-state index is 0.0384. The van der Waals surface area contributed by atoms with Gasteiger partial charge in [0.1, 0.15) is 23.7 Å². The average Bonchev–Trinajstić information content (AvgIpc) is 3.40. The summed E-state index contributed by atoms with van der Waals surface area (Å²) in [7, 11) is 1.55. The van der Waals surface area contributed by atoms with E-state index in [1.54, 1.807) is 20.0 Å². The molecule has 2 unspecified atom stereocenters. The van der Waals surface area contributed by atoms with Gasteiger partial charge in [-0.15, -0.1) is 6.58 Å². The van der Waals surface area contributed by atoms with Gasteiger partial charge in [0.25, 0.3) is 0 Å². The molecule has 0 bridgehead atoms. The van der Waals surface area contributed by atoms with Crippen molar-refractivity contribution in [2.24, 2.45) is 17.3 Å². The molecule has 0 spiro atoms. The monoisotopic (exact) mass is 561 g/mol. The molecule has 0 aromatic rings. The van der Waals surface area contributed by atoms with E-state index in [1.807, 2.05) is 20.8 Å². The van der Waals surface area contributed by atoms with E-state index >= 15 is 0 Å². The van der Waals surface area contributed by atoms with Crippen LogP contribution in [-0.2, 0) is 23.9 Å². The molecule has 3 rings (SSSR count). The third-order valence-corrected chi connectivity index (χ3v) is 8.45. The summed E-state index contributed by atoms with van der Waals surface area (Å²) in [6, 6.07) is -2.93. The zero-order valence-corrected chi connectivity index (χ0v) is 24.6. The molecule has 4 N–H and O–H groups in total. The molecule has 1 saturated heterocycles. The van der Waals surface area contributed by atoms with Crippen LogP contribution < -0.4 is 21.3 Å². The number of carbonyl (C=O) groups excluding carboxylic acids is 5. The predicted molar refractivity (Wildman–Crippen MR) is 150 cm³/mol. The van der Waals surface area contributed by atoms with Crippen molar-refractivity contribution in [1.29, 1.82) is 0 Å². The van der Waals surface area contributed by atoms with Crippen molar-refractivity contribution < 1.29 is 28.7 Å². The first-order valence-corrected chi connectivity index (χ1v) is 14.6. The van der Waals surface area contributed by atoms with Crippen molar-refractivity contribution in [3.63, 3.8) is 0 Å². The van der Waals surface area contributed by atoms with E-state index in [1.165, 1.54) is 4.90 Å². The van der Waals surface area contributed by atoms with Gasteiger partial charge in [-0.05, 0) is 50.4 Å². The van der Waals surface area contributed by atoms with Crippen LogP contribution in [0.15, 0.2) is 12.7 Å². The lowest BCUT2D eigenvalue weighted by Crippen LogP contribution is -2.61. The molecule has 2 aliphatic carbocycles. The molecule has 0 aromatic heterocycles. The second-order valence-corrected chi connectivity index (χ2v) is 12.3. The highest BCUT2D eigenvalue weighted by Gasteiger charge is 2.61. The highest BCUT2D eigenvalue weighted by molar-refractivity contribution is 5.96. The van der Waals surface area contributed by atoms with E-state index in [0.717, 1.165) is 32.1 Å². The molecule has 1 heterocycles. The maximum Gasteiger partial charge on any atom is 0.332 e. The lowest BCUT2D eigenvalue weighted by molar-refractivity contribution is -0.147. The van der Waals surface area contributed by atoms with Gasteiger partial charge in [0.15, 0.2) is 0 Å². The third kappa shape index (κ3) is 6.96. The van der Waals surface area contributed by atoms with Crippen LogP contribution in [0.3, 0.4) is 0 Å². The predicted octanol–water partition coefficient (Wildman–Crippen LogP) is 2.01. The fourth-order valence-electron chi connectivity index (χ4n) is 5.98. The molecule has 224 valence electrons. The summed E-state index contributed by atoms with van der Waals surface area (Å²) in [5.41, 5.74) is -1.83. The zero-order chi connectivity index (χ0) is 29.7. The number of nitrogens with zero attached hydrogens (tertiary/aromatic N) is 1. The lowest BCUT2D eigenvalue weighted by Gasteiger charge is -2.35. The molecule has 0 radical (unpaired) electrons. The van der Waals surface area contributed by atoms with Crippen LogP contribution in [0.2, 0.25) is 0 Å². The Kier molecular flexibility index (Phi) is 10.2. The highest BCUT2D eigenvalue weighted by atomic mass is 16.5. The molecule has 5 amide bonds. The second kappa shape index (κ2) is 13.0. The van der Waals surface area contributed by atoms with Crippen LogP contribution in [0.4, 0.5) is 4.79 Å². The summed E-state index contributed by atoms with van der Waals surface area (Å²) in [6.45, 7) is 11.5. The van der Waals surface area contributed by atoms with E-state index in [9.17, 15) is 24.0 Å². The lowest BCUT2D eigenvalue weighted by atomic mass is 9.82. The van der Waals surface area contributed by atoms with Gasteiger partial charge in [0, 0.05) is 19.5 Å². The summed E-state index contributed by atoms with van der Waals surface area (Å²) in [6.07, 6.45) is 7.91. The normalized spacial score (nSPS) is 26.2. The summed E-state index contributed by atoms with van der Waals surface area (Å²) in [4.78, 5) is 67.2. The fourth-order valence-corrected chi connectivity index (χ4v) is 5.98. The van der Waals surface area contributed by atoms with E-state index in [0.29, 0.717) is 25.8 Å². The maximum absolute atomic E-state index is 13.6. The number of nitrogens with one attached hydrogen (secondary N) is 4. The molecule has 0 aromatic carbocycles. The van der Waals surface area contributed by atoms with Gasteiger partial charge >= 0.3 is 12.0 Å². The Hall–Kier alpha value is -3.11. The van der Waals surface area contributed by atoms with Crippen LogP contribution in [0, 0.1) is 17.3 Å². The van der Waals surface area contributed by atoms with Crippen molar-refractivity contribution in [3.8, 4) is 0 Å². The molecular formula is C29H47N5O6. The summed E-state index contributed by atoms with van der Waals surface area (Å²) < 4.78 is 5.18. The minimum atomic E-state index is -1.17. The molecule has 2 saturated carbocycles. The number of hydrogen-bond donors (Lipinski definition) is 4. The number of urea groups is 1. The van der Waals surface area contributed by atoms with E-state index in [2.05, 4.69) is 27.8 Å². The first kappa shape index (κ1) is 31.4. The molecule has 11 nitrogen and oxygen atoms in total. The van der Waals surface area contributed by atoms with Crippen molar-refractivity contribution >= 4 is 29.7 Å². The van der Waals surface area contributed by atoms with Crippen molar-refractivity contribution in [2.45, 2.75) is 103 Å². The second-order valence-electron chi connectivity index (χ2n) is 12.3. The fraction of sp³-hybridized carbons (Fsp3) is 0.759. The van der Waals surface area contributed by atoms with Crippen LogP contribution in [-0.4, -0.2) is 78.5 Å². The molecule has 11 heteroatoms. The van der Waals surface area contributed by atoms with Crippen LogP contribution >= 0.6 is 0 Å². The first-order chi connectivity index (χ1) is 18.9. The minimum Gasteiger partial charge on any atom is -0.464 e. The number of ether oxygens (including phenoxy) is 1. The van der Waals surface area contributed by atoms with E-state index in [-0.39, 0.29) is 24.3 Å². The van der Waals surface area contributed by atoms with Crippen molar-refractivity contribution in [2.75, 3.05) is 20.2 Å². The Balaban J connectivity index is 1.72. The first-order valence-electron chi connectivity index (χ1n) is 14.6. The molecule has 40 heavy (non-hydrogen) atoms. The van der Waals surface area contributed by atoms with Crippen LogP contribution in [0.25, 0.3) is 0 Å². The van der Waals surface area contributed by atoms with Gasteiger partial charge in [0.05, 0.1) is 6.61 Å². The Bertz CT molecular complexity index is 988. The Morgan fingerprint density at radius 2 is 1.70 bits per heavy atom.